The number of hydrogen-bond donors (Lipinski definition) is 1. The topological polar surface area (TPSA) is 29.3 Å². The zero-order valence-electron chi connectivity index (χ0n) is 9.61. The van der Waals surface area contributed by atoms with Crippen molar-refractivity contribution in [2.24, 2.45) is 5.73 Å². The number of likely N-dealkylation sites (N-methyl/N-ethyl adjacent to an activating group) is 1. The van der Waals surface area contributed by atoms with Gasteiger partial charge >= 0.3 is 0 Å². The molecule has 2 N–H and O–H groups in total. The van der Waals surface area contributed by atoms with E-state index in [1.807, 2.05) is 23.1 Å². The Kier molecular flexibility index (Phi) is 3.00. The number of likely N-dealkylation sites (tertiary alicyclic amines) is 1. The second-order valence-corrected chi connectivity index (χ2v) is 7.04. The number of nitrogens with two attached hydrogens (primary N) is 1. The van der Waals surface area contributed by atoms with Crippen LogP contribution in [0.15, 0.2) is 6.07 Å². The average molecular weight is 254 g/mol. The minimum absolute atomic E-state index is 0.378. The van der Waals surface area contributed by atoms with Gasteiger partial charge in [0.2, 0.25) is 0 Å². The molecule has 0 radical (unpaired) electrons. The van der Waals surface area contributed by atoms with Crippen LogP contribution in [0.2, 0.25) is 0 Å². The average Bonchev–Trinajstić information content (AvgIpc) is 2.76. The van der Waals surface area contributed by atoms with E-state index in [0.717, 1.165) is 6.54 Å². The first-order valence-corrected chi connectivity index (χ1v) is 7.86. The molecule has 1 saturated heterocycles. The maximum Gasteiger partial charge on any atom is 0.0439 e. The molecule has 0 aliphatic carbocycles. The van der Waals surface area contributed by atoms with E-state index in [1.165, 1.54) is 24.3 Å². The van der Waals surface area contributed by atoms with Gasteiger partial charge in [0.25, 0.3) is 0 Å². The molecule has 0 aromatic carbocycles. The van der Waals surface area contributed by atoms with Gasteiger partial charge in [-0.15, -0.1) is 11.3 Å². The number of hydrogen-bond acceptors (Lipinski definition) is 4. The highest BCUT2D eigenvalue weighted by Crippen LogP contribution is 2.41. The van der Waals surface area contributed by atoms with Gasteiger partial charge in [-0.25, -0.2) is 0 Å². The normalized spacial score (nSPS) is 30.6. The Labute approximate surface area is 105 Å². The van der Waals surface area contributed by atoms with Crippen LogP contribution in [0.3, 0.4) is 0 Å². The summed E-state index contributed by atoms with van der Waals surface area (Å²) >= 11 is 4.07. The predicted octanol–water partition coefficient (Wildman–Crippen LogP) is 2.59. The van der Waals surface area contributed by atoms with Crippen LogP contribution >= 0.6 is 23.1 Å². The fourth-order valence-corrected chi connectivity index (χ4v) is 5.40. The van der Waals surface area contributed by atoms with Crippen molar-refractivity contribution in [3.8, 4) is 0 Å². The summed E-state index contributed by atoms with van der Waals surface area (Å²) in [6, 6.07) is 3.45. The Hall–Kier alpha value is -0.0300. The Morgan fingerprint density at radius 1 is 1.38 bits per heavy atom. The Balaban J connectivity index is 1.81. The number of fused-ring (bicyclic) bond motifs is 1. The van der Waals surface area contributed by atoms with E-state index in [0.29, 0.717) is 12.1 Å². The number of rotatable bonds is 1. The number of piperidine rings is 1. The molecule has 0 bridgehead atoms. The monoisotopic (exact) mass is 254 g/mol. The fraction of sp³-hybridized carbons (Fsp3) is 0.667. The molecule has 2 aliphatic heterocycles. The van der Waals surface area contributed by atoms with Gasteiger partial charge in [0.1, 0.15) is 0 Å². The lowest BCUT2D eigenvalue weighted by Gasteiger charge is -2.35. The van der Waals surface area contributed by atoms with Crippen molar-refractivity contribution in [2.45, 2.75) is 36.4 Å². The molecule has 2 unspecified atom stereocenters. The second kappa shape index (κ2) is 4.33. The van der Waals surface area contributed by atoms with Gasteiger partial charge in [-0.1, -0.05) is 0 Å². The standard InChI is InChI=1S/C12H18N2S2/c1-14-5-9(13)2-3-10(14)11-4-8-6-15-7-12(8)16-11/h4,9-10H,2-3,5-7,13H2,1H3. The highest BCUT2D eigenvalue weighted by Gasteiger charge is 2.27. The molecule has 16 heavy (non-hydrogen) atoms. The lowest BCUT2D eigenvalue weighted by atomic mass is 9.98. The Morgan fingerprint density at radius 3 is 3.00 bits per heavy atom. The van der Waals surface area contributed by atoms with E-state index in [4.69, 9.17) is 5.73 Å². The van der Waals surface area contributed by atoms with Crippen LogP contribution in [0.25, 0.3) is 0 Å². The lowest BCUT2D eigenvalue weighted by molar-refractivity contribution is 0.172. The summed E-state index contributed by atoms with van der Waals surface area (Å²) in [5.41, 5.74) is 7.59. The molecule has 1 fully saturated rings. The SMILES string of the molecule is CN1CC(N)CCC1c1cc2c(s1)CSC2. The van der Waals surface area contributed by atoms with Crippen LogP contribution in [0, 0.1) is 0 Å². The van der Waals surface area contributed by atoms with Crippen molar-refractivity contribution < 1.29 is 0 Å². The van der Waals surface area contributed by atoms with Gasteiger partial charge in [-0.05, 0) is 31.5 Å². The minimum atomic E-state index is 0.378. The molecule has 2 nitrogen and oxygen atoms in total. The van der Waals surface area contributed by atoms with Gasteiger partial charge < -0.3 is 5.73 Å². The zero-order chi connectivity index (χ0) is 11.1. The van der Waals surface area contributed by atoms with E-state index in [-0.39, 0.29) is 0 Å². The third-order valence-corrected chi connectivity index (χ3v) is 6.07. The molecule has 3 heterocycles. The first kappa shape index (κ1) is 11.1. The summed E-state index contributed by atoms with van der Waals surface area (Å²) in [5, 5.41) is 0. The third kappa shape index (κ3) is 1.92. The highest BCUT2D eigenvalue weighted by atomic mass is 32.2. The summed E-state index contributed by atoms with van der Waals surface area (Å²) < 4.78 is 0. The van der Waals surface area contributed by atoms with Gasteiger partial charge in [0, 0.05) is 39.9 Å². The zero-order valence-corrected chi connectivity index (χ0v) is 11.2. The largest absolute Gasteiger partial charge is 0.327 e. The van der Waals surface area contributed by atoms with Crippen molar-refractivity contribution in [2.75, 3.05) is 13.6 Å². The Morgan fingerprint density at radius 2 is 2.25 bits per heavy atom. The molecule has 3 rings (SSSR count). The third-order valence-electron chi connectivity index (χ3n) is 3.60. The lowest BCUT2D eigenvalue weighted by Crippen LogP contribution is -2.42. The quantitative estimate of drug-likeness (QED) is 0.835. The van der Waals surface area contributed by atoms with Crippen molar-refractivity contribution in [1.82, 2.24) is 4.90 Å². The van der Waals surface area contributed by atoms with E-state index in [9.17, 15) is 0 Å². The predicted molar refractivity (Wildman–Crippen MR) is 71.9 cm³/mol. The maximum absolute atomic E-state index is 6.00. The van der Waals surface area contributed by atoms with Crippen molar-refractivity contribution in [3.05, 3.63) is 21.4 Å². The van der Waals surface area contributed by atoms with Crippen LogP contribution in [0.4, 0.5) is 0 Å². The molecular weight excluding hydrogens is 236 g/mol. The second-order valence-electron chi connectivity index (χ2n) is 4.88. The molecule has 4 heteroatoms. The van der Waals surface area contributed by atoms with Crippen LogP contribution in [0.1, 0.15) is 34.2 Å². The molecule has 88 valence electrons. The van der Waals surface area contributed by atoms with Crippen molar-refractivity contribution in [1.29, 1.82) is 0 Å². The molecule has 2 atom stereocenters. The summed E-state index contributed by atoms with van der Waals surface area (Å²) in [6.45, 7) is 1.04. The van der Waals surface area contributed by atoms with Gasteiger partial charge in [0.05, 0.1) is 0 Å². The highest BCUT2D eigenvalue weighted by molar-refractivity contribution is 7.98. The maximum atomic E-state index is 6.00. The van der Waals surface area contributed by atoms with E-state index in [2.05, 4.69) is 18.0 Å². The molecule has 0 saturated carbocycles. The van der Waals surface area contributed by atoms with Crippen molar-refractivity contribution in [3.63, 3.8) is 0 Å². The Bertz CT molecular complexity index is 367. The van der Waals surface area contributed by atoms with Gasteiger partial charge in [-0.2, -0.15) is 11.8 Å². The summed E-state index contributed by atoms with van der Waals surface area (Å²) in [7, 11) is 2.21. The number of thioether (sulfide) groups is 1. The summed E-state index contributed by atoms with van der Waals surface area (Å²) in [4.78, 5) is 5.62. The van der Waals surface area contributed by atoms with Crippen LogP contribution in [-0.2, 0) is 11.5 Å². The molecule has 2 aliphatic rings. The van der Waals surface area contributed by atoms with Gasteiger partial charge in [0.15, 0.2) is 0 Å². The van der Waals surface area contributed by atoms with Crippen molar-refractivity contribution >= 4 is 23.1 Å². The number of nitrogens with zero attached hydrogens (tertiary/aromatic N) is 1. The molecule has 1 aromatic rings. The van der Waals surface area contributed by atoms with E-state index in [1.54, 1.807) is 15.3 Å². The van der Waals surface area contributed by atoms with Crippen LogP contribution in [-0.4, -0.2) is 24.5 Å². The summed E-state index contributed by atoms with van der Waals surface area (Å²) in [5.74, 6) is 2.46. The fourth-order valence-electron chi connectivity index (χ4n) is 2.69. The molecule has 0 spiro atoms. The van der Waals surface area contributed by atoms with Crippen LogP contribution in [0.5, 0.6) is 0 Å². The first-order valence-electron chi connectivity index (χ1n) is 5.89. The van der Waals surface area contributed by atoms with E-state index < -0.39 is 0 Å². The van der Waals surface area contributed by atoms with Crippen LogP contribution < -0.4 is 5.73 Å². The first-order chi connectivity index (χ1) is 7.74. The van der Waals surface area contributed by atoms with E-state index >= 15 is 0 Å². The molecular formula is C12H18N2S2. The smallest absolute Gasteiger partial charge is 0.0439 e. The summed E-state index contributed by atoms with van der Waals surface area (Å²) in [6.07, 6.45) is 2.40. The molecule has 1 aromatic heterocycles. The molecule has 0 amide bonds. The number of thiophene rings is 1. The minimum Gasteiger partial charge on any atom is -0.327 e. The van der Waals surface area contributed by atoms with Gasteiger partial charge in [-0.3, -0.25) is 4.90 Å².